The van der Waals surface area contributed by atoms with Crippen molar-refractivity contribution in [2.75, 3.05) is 6.61 Å². The van der Waals surface area contributed by atoms with Crippen LogP contribution in [0, 0.1) is 11.7 Å². The molecule has 1 aromatic rings. The second-order valence-corrected chi connectivity index (χ2v) is 6.54. The second-order valence-electron chi connectivity index (χ2n) is 6.16. The Labute approximate surface area is 124 Å². The summed E-state index contributed by atoms with van der Waals surface area (Å²) < 4.78 is 19.6. The van der Waals surface area contributed by atoms with Gasteiger partial charge in [0.2, 0.25) is 0 Å². The first-order valence-corrected chi connectivity index (χ1v) is 7.83. The van der Waals surface area contributed by atoms with Crippen LogP contribution in [0.4, 0.5) is 4.39 Å². The smallest absolute Gasteiger partial charge is 0.142 e. The Balaban J connectivity index is 1.79. The highest BCUT2D eigenvalue weighted by molar-refractivity contribution is 6.31. The monoisotopic (exact) mass is 297 g/mol. The average molecular weight is 298 g/mol. The average Bonchev–Trinajstić information content (AvgIpc) is 2.89. The molecule has 1 heterocycles. The van der Waals surface area contributed by atoms with E-state index in [9.17, 15) is 4.39 Å². The van der Waals surface area contributed by atoms with Crippen LogP contribution in [-0.2, 0) is 4.74 Å². The van der Waals surface area contributed by atoms with Crippen LogP contribution >= 0.6 is 11.6 Å². The first kappa shape index (κ1) is 14.3. The van der Waals surface area contributed by atoms with Crippen molar-refractivity contribution in [1.82, 2.24) is 0 Å². The minimum atomic E-state index is -0.387. The molecule has 2 nitrogen and oxygen atoms in total. The minimum Gasteiger partial charge on any atom is -0.375 e. The lowest BCUT2D eigenvalue weighted by molar-refractivity contribution is -0.0963. The molecule has 1 aromatic carbocycles. The van der Waals surface area contributed by atoms with Crippen molar-refractivity contribution in [3.8, 4) is 0 Å². The van der Waals surface area contributed by atoms with Crippen LogP contribution < -0.4 is 5.73 Å². The second kappa shape index (κ2) is 5.63. The van der Waals surface area contributed by atoms with Gasteiger partial charge < -0.3 is 10.5 Å². The molecule has 0 aromatic heterocycles. The molecule has 3 rings (SSSR count). The first-order chi connectivity index (χ1) is 9.61. The lowest BCUT2D eigenvalue weighted by atomic mass is 9.79. The quantitative estimate of drug-likeness (QED) is 0.887. The zero-order valence-corrected chi connectivity index (χ0v) is 12.3. The predicted octanol–water partition coefficient (Wildman–Crippen LogP) is 4.22. The van der Waals surface area contributed by atoms with Gasteiger partial charge in [0.15, 0.2) is 0 Å². The molecule has 2 fully saturated rings. The van der Waals surface area contributed by atoms with Crippen molar-refractivity contribution in [2.24, 2.45) is 11.7 Å². The van der Waals surface area contributed by atoms with E-state index >= 15 is 0 Å². The largest absolute Gasteiger partial charge is 0.375 e. The van der Waals surface area contributed by atoms with Crippen LogP contribution in [0.25, 0.3) is 0 Å². The normalized spacial score (nSPS) is 26.9. The van der Waals surface area contributed by atoms with Crippen LogP contribution in [0.5, 0.6) is 0 Å². The van der Waals surface area contributed by atoms with Gasteiger partial charge >= 0.3 is 0 Å². The molecule has 1 saturated heterocycles. The third-order valence-corrected chi connectivity index (χ3v) is 5.29. The summed E-state index contributed by atoms with van der Waals surface area (Å²) in [6, 6.07) is 4.69. The standard InChI is InChI=1S/C16H21ClFNO/c17-14-12(4-3-5-13(14)18)15(19)11-6-9-20-16(10-11)7-1-2-8-16/h3-5,11,15H,1-2,6-10,19H2. The molecule has 2 atom stereocenters. The number of rotatable bonds is 2. The number of hydrogen-bond acceptors (Lipinski definition) is 2. The summed E-state index contributed by atoms with van der Waals surface area (Å²) in [6.07, 6.45) is 6.64. The number of halogens is 2. The summed E-state index contributed by atoms with van der Waals surface area (Å²) in [7, 11) is 0. The van der Waals surface area contributed by atoms with Crippen LogP contribution in [0.1, 0.15) is 50.1 Å². The van der Waals surface area contributed by atoms with E-state index in [4.69, 9.17) is 22.1 Å². The molecular formula is C16H21ClFNO. The fourth-order valence-electron chi connectivity index (χ4n) is 3.77. The molecule has 1 saturated carbocycles. The lowest BCUT2D eigenvalue weighted by Crippen LogP contribution is -2.40. The molecule has 110 valence electrons. The van der Waals surface area contributed by atoms with Crippen molar-refractivity contribution >= 4 is 11.6 Å². The molecule has 2 N–H and O–H groups in total. The van der Waals surface area contributed by atoms with Crippen LogP contribution in [0.3, 0.4) is 0 Å². The number of benzene rings is 1. The van der Waals surface area contributed by atoms with E-state index in [2.05, 4.69) is 0 Å². The van der Waals surface area contributed by atoms with Gasteiger partial charge in [0, 0.05) is 12.6 Å². The summed E-state index contributed by atoms with van der Waals surface area (Å²) in [6.45, 7) is 0.755. The Bertz CT molecular complexity index is 487. The summed E-state index contributed by atoms with van der Waals surface area (Å²) >= 11 is 6.07. The van der Waals surface area contributed by atoms with Gasteiger partial charge in [-0.05, 0) is 43.2 Å². The molecular weight excluding hydrogens is 277 g/mol. The van der Waals surface area contributed by atoms with Crippen molar-refractivity contribution in [2.45, 2.75) is 50.2 Å². The van der Waals surface area contributed by atoms with Crippen molar-refractivity contribution < 1.29 is 9.13 Å². The molecule has 0 bridgehead atoms. The van der Waals surface area contributed by atoms with Gasteiger partial charge in [-0.1, -0.05) is 36.6 Å². The highest BCUT2D eigenvalue weighted by Crippen LogP contribution is 2.45. The number of hydrogen-bond donors (Lipinski definition) is 1. The summed E-state index contributed by atoms with van der Waals surface area (Å²) in [5.41, 5.74) is 7.14. The minimum absolute atomic E-state index is 0.0281. The Hall–Kier alpha value is -0.640. The van der Waals surface area contributed by atoms with Gasteiger partial charge in [0.1, 0.15) is 5.82 Å². The van der Waals surface area contributed by atoms with E-state index in [1.54, 1.807) is 6.07 Å². The fourth-order valence-corrected chi connectivity index (χ4v) is 4.02. The van der Waals surface area contributed by atoms with Gasteiger partial charge in [-0.25, -0.2) is 4.39 Å². The Morgan fingerprint density at radius 3 is 2.85 bits per heavy atom. The zero-order chi connectivity index (χ0) is 14.2. The molecule has 2 unspecified atom stereocenters. The number of ether oxygens (including phenoxy) is 1. The van der Waals surface area contributed by atoms with Crippen molar-refractivity contribution in [3.05, 3.63) is 34.6 Å². The number of nitrogens with two attached hydrogens (primary N) is 1. The van der Waals surface area contributed by atoms with E-state index in [0.717, 1.165) is 37.9 Å². The van der Waals surface area contributed by atoms with Crippen molar-refractivity contribution in [1.29, 1.82) is 0 Å². The van der Waals surface area contributed by atoms with Gasteiger partial charge in [0.25, 0.3) is 0 Å². The molecule has 1 aliphatic heterocycles. The molecule has 2 aliphatic rings. The summed E-state index contributed by atoms with van der Waals surface area (Å²) in [4.78, 5) is 0. The van der Waals surface area contributed by atoms with Gasteiger partial charge in [0.05, 0.1) is 10.6 Å². The molecule has 4 heteroatoms. The van der Waals surface area contributed by atoms with Crippen molar-refractivity contribution in [3.63, 3.8) is 0 Å². The Morgan fingerprint density at radius 2 is 2.10 bits per heavy atom. The SMILES string of the molecule is NC(c1cccc(F)c1Cl)C1CCOC2(CCCC2)C1. The summed E-state index contributed by atoms with van der Waals surface area (Å²) in [5, 5.41) is 0.173. The maximum absolute atomic E-state index is 13.6. The maximum atomic E-state index is 13.6. The van der Waals surface area contributed by atoms with Crippen LogP contribution in [0.15, 0.2) is 18.2 Å². The third-order valence-electron chi connectivity index (χ3n) is 4.89. The maximum Gasteiger partial charge on any atom is 0.142 e. The van der Waals surface area contributed by atoms with Gasteiger partial charge in [-0.15, -0.1) is 0 Å². The Morgan fingerprint density at radius 1 is 1.35 bits per heavy atom. The molecule has 1 aliphatic carbocycles. The van der Waals surface area contributed by atoms with E-state index in [-0.39, 0.29) is 22.5 Å². The van der Waals surface area contributed by atoms with E-state index in [1.165, 1.54) is 18.9 Å². The highest BCUT2D eigenvalue weighted by atomic mass is 35.5. The zero-order valence-electron chi connectivity index (χ0n) is 11.6. The van der Waals surface area contributed by atoms with E-state index in [0.29, 0.717) is 5.92 Å². The highest BCUT2D eigenvalue weighted by Gasteiger charge is 2.41. The van der Waals surface area contributed by atoms with Crippen LogP contribution in [0.2, 0.25) is 5.02 Å². The molecule has 20 heavy (non-hydrogen) atoms. The molecule has 1 spiro atoms. The summed E-state index contributed by atoms with van der Waals surface area (Å²) in [5.74, 6) is -0.0663. The first-order valence-electron chi connectivity index (χ1n) is 7.45. The molecule has 0 amide bonds. The fraction of sp³-hybridized carbons (Fsp3) is 0.625. The Kier molecular flexibility index (Phi) is 4.02. The predicted molar refractivity (Wildman–Crippen MR) is 78.2 cm³/mol. The van der Waals surface area contributed by atoms with Crippen LogP contribution in [-0.4, -0.2) is 12.2 Å². The molecule has 0 radical (unpaired) electrons. The van der Waals surface area contributed by atoms with Gasteiger partial charge in [-0.2, -0.15) is 0 Å². The topological polar surface area (TPSA) is 35.2 Å². The van der Waals surface area contributed by atoms with E-state index < -0.39 is 0 Å². The third kappa shape index (κ3) is 2.59. The lowest BCUT2D eigenvalue weighted by Gasteiger charge is -2.40. The van der Waals surface area contributed by atoms with E-state index in [1.807, 2.05) is 6.07 Å². The van der Waals surface area contributed by atoms with Gasteiger partial charge in [-0.3, -0.25) is 0 Å².